The van der Waals surface area contributed by atoms with Crippen LogP contribution in [0.4, 0.5) is 5.82 Å². The zero-order valence-electron chi connectivity index (χ0n) is 13.1. The summed E-state index contributed by atoms with van der Waals surface area (Å²) in [5.74, 6) is -0.898. The fourth-order valence-corrected chi connectivity index (χ4v) is 2.53. The van der Waals surface area contributed by atoms with Crippen molar-refractivity contribution in [3.8, 4) is 0 Å². The molecule has 0 aliphatic carbocycles. The number of amides is 2. The Balaban J connectivity index is 1.86. The monoisotopic (exact) mass is 354 g/mol. The summed E-state index contributed by atoms with van der Waals surface area (Å²) in [7, 11) is 0. The fraction of sp³-hybridized carbons (Fsp3) is 0.0556. The number of aromatic nitrogens is 2. The first-order valence-electron chi connectivity index (χ1n) is 7.50. The van der Waals surface area contributed by atoms with Gasteiger partial charge < -0.3 is 15.6 Å². The summed E-state index contributed by atoms with van der Waals surface area (Å²) in [5.41, 5.74) is 7.00. The summed E-state index contributed by atoms with van der Waals surface area (Å²) in [4.78, 5) is 28.2. The minimum absolute atomic E-state index is 0.135. The number of benzene rings is 2. The number of hydrogen-bond donors (Lipinski definition) is 2. The Labute approximate surface area is 149 Å². The van der Waals surface area contributed by atoms with Crippen LogP contribution in [0.15, 0.2) is 60.9 Å². The lowest BCUT2D eigenvalue weighted by Crippen LogP contribution is -2.21. The average Bonchev–Trinajstić information content (AvgIpc) is 3.00. The highest BCUT2D eigenvalue weighted by atomic mass is 35.5. The molecular formula is C18H15ClN4O2. The predicted molar refractivity (Wildman–Crippen MR) is 95.7 cm³/mol. The van der Waals surface area contributed by atoms with Crippen molar-refractivity contribution in [2.75, 3.05) is 5.32 Å². The van der Waals surface area contributed by atoms with E-state index in [1.807, 2.05) is 18.2 Å². The lowest BCUT2D eigenvalue weighted by molar-refractivity contribution is 0.0993. The molecule has 25 heavy (non-hydrogen) atoms. The van der Waals surface area contributed by atoms with E-state index in [9.17, 15) is 9.59 Å². The van der Waals surface area contributed by atoms with Crippen molar-refractivity contribution in [2.45, 2.75) is 6.54 Å². The van der Waals surface area contributed by atoms with Crippen molar-refractivity contribution in [3.05, 3.63) is 82.8 Å². The number of nitrogens with zero attached hydrogens (tertiary/aromatic N) is 2. The van der Waals surface area contributed by atoms with Gasteiger partial charge in [-0.05, 0) is 29.8 Å². The Kier molecular flexibility index (Phi) is 4.81. The quantitative estimate of drug-likeness (QED) is 0.738. The molecule has 6 nitrogen and oxygen atoms in total. The van der Waals surface area contributed by atoms with Gasteiger partial charge in [-0.1, -0.05) is 41.9 Å². The molecule has 0 bridgehead atoms. The second-order valence-electron chi connectivity index (χ2n) is 5.38. The maximum atomic E-state index is 12.3. The van der Waals surface area contributed by atoms with Gasteiger partial charge >= 0.3 is 0 Å². The molecule has 3 rings (SSSR count). The molecule has 2 amide bonds. The number of hydrogen-bond acceptors (Lipinski definition) is 3. The molecule has 1 heterocycles. The number of nitrogens with two attached hydrogens (primary N) is 1. The van der Waals surface area contributed by atoms with Crippen LogP contribution < -0.4 is 11.1 Å². The average molecular weight is 355 g/mol. The number of carbonyl (C=O) groups excluding carboxylic acids is 2. The maximum absolute atomic E-state index is 12.3. The first-order chi connectivity index (χ1) is 12.0. The second-order valence-corrected chi connectivity index (χ2v) is 5.82. The fourth-order valence-electron chi connectivity index (χ4n) is 2.41. The predicted octanol–water partition coefficient (Wildman–Crippen LogP) is 2.94. The molecule has 0 saturated heterocycles. The number of anilines is 1. The van der Waals surface area contributed by atoms with E-state index >= 15 is 0 Å². The van der Waals surface area contributed by atoms with Crippen molar-refractivity contribution >= 4 is 29.2 Å². The van der Waals surface area contributed by atoms with Crippen molar-refractivity contribution in [2.24, 2.45) is 5.73 Å². The lowest BCUT2D eigenvalue weighted by atomic mass is 10.2. The number of halogens is 1. The molecule has 0 aliphatic heterocycles. The Hall–Kier alpha value is -3.12. The second kappa shape index (κ2) is 7.19. The summed E-state index contributed by atoms with van der Waals surface area (Å²) < 4.78 is 1.59. The minimum atomic E-state index is -0.671. The van der Waals surface area contributed by atoms with Gasteiger partial charge in [0.2, 0.25) is 0 Å². The van der Waals surface area contributed by atoms with E-state index in [1.54, 1.807) is 41.0 Å². The Morgan fingerprint density at radius 3 is 2.40 bits per heavy atom. The van der Waals surface area contributed by atoms with E-state index in [1.165, 1.54) is 6.33 Å². The molecule has 2 aromatic carbocycles. The van der Waals surface area contributed by atoms with E-state index in [0.717, 1.165) is 5.56 Å². The highest BCUT2D eigenvalue weighted by molar-refractivity contribution is 6.30. The van der Waals surface area contributed by atoms with Crippen LogP contribution in [0, 0.1) is 0 Å². The number of rotatable bonds is 5. The van der Waals surface area contributed by atoms with Crippen molar-refractivity contribution < 1.29 is 9.59 Å². The van der Waals surface area contributed by atoms with Gasteiger partial charge in [0.1, 0.15) is 0 Å². The molecule has 0 aliphatic rings. The summed E-state index contributed by atoms with van der Waals surface area (Å²) in [5, 5.41) is 3.26. The van der Waals surface area contributed by atoms with Gasteiger partial charge in [-0.2, -0.15) is 0 Å². The van der Waals surface area contributed by atoms with E-state index in [-0.39, 0.29) is 17.4 Å². The van der Waals surface area contributed by atoms with Crippen molar-refractivity contribution in [1.82, 2.24) is 9.55 Å². The molecule has 126 valence electrons. The zero-order chi connectivity index (χ0) is 17.8. The van der Waals surface area contributed by atoms with Gasteiger partial charge in [0.15, 0.2) is 11.5 Å². The molecule has 0 unspecified atom stereocenters. The molecule has 0 fully saturated rings. The third-order valence-electron chi connectivity index (χ3n) is 3.61. The Bertz CT molecular complexity index is 905. The molecule has 3 N–H and O–H groups in total. The molecular weight excluding hydrogens is 340 g/mol. The van der Waals surface area contributed by atoms with Gasteiger partial charge in [0, 0.05) is 17.1 Å². The number of carbonyl (C=O) groups is 2. The third-order valence-corrected chi connectivity index (χ3v) is 3.86. The van der Waals surface area contributed by atoms with Crippen LogP contribution in [-0.4, -0.2) is 21.4 Å². The number of nitrogens with one attached hydrogen (secondary N) is 1. The SMILES string of the molecule is NC(=O)c1c(NC(=O)c2ccccc2)ncn1Cc1ccc(Cl)cc1. The van der Waals surface area contributed by atoms with Crippen LogP contribution in [-0.2, 0) is 6.54 Å². The van der Waals surface area contributed by atoms with E-state index in [4.69, 9.17) is 17.3 Å². The van der Waals surface area contributed by atoms with Gasteiger partial charge in [0.25, 0.3) is 11.8 Å². The van der Waals surface area contributed by atoms with Crippen molar-refractivity contribution in [1.29, 1.82) is 0 Å². The van der Waals surface area contributed by atoms with Crippen LogP contribution in [0.1, 0.15) is 26.4 Å². The molecule has 0 radical (unpaired) electrons. The van der Waals surface area contributed by atoms with Crippen LogP contribution in [0.5, 0.6) is 0 Å². The molecule has 3 aromatic rings. The smallest absolute Gasteiger partial charge is 0.269 e. The standard InChI is InChI=1S/C18H15ClN4O2/c19-14-8-6-12(7-9-14)10-23-11-21-17(15(23)16(20)24)22-18(25)13-4-2-1-3-5-13/h1-9,11H,10H2,(H2,20,24)(H,22,25). The molecule has 1 aromatic heterocycles. The van der Waals surface area contributed by atoms with E-state index < -0.39 is 5.91 Å². The van der Waals surface area contributed by atoms with Crippen LogP contribution in [0.25, 0.3) is 0 Å². The highest BCUT2D eigenvalue weighted by Gasteiger charge is 2.19. The molecule has 7 heteroatoms. The first-order valence-corrected chi connectivity index (χ1v) is 7.88. The molecule has 0 saturated carbocycles. The zero-order valence-corrected chi connectivity index (χ0v) is 13.9. The first kappa shape index (κ1) is 16.7. The highest BCUT2D eigenvalue weighted by Crippen LogP contribution is 2.17. The molecule has 0 atom stereocenters. The number of imidazole rings is 1. The van der Waals surface area contributed by atoms with E-state index in [2.05, 4.69) is 10.3 Å². The Morgan fingerprint density at radius 2 is 1.76 bits per heavy atom. The summed E-state index contributed by atoms with van der Waals surface area (Å²) >= 11 is 5.88. The summed E-state index contributed by atoms with van der Waals surface area (Å²) in [6, 6.07) is 15.9. The van der Waals surface area contributed by atoms with Crippen LogP contribution >= 0.6 is 11.6 Å². The maximum Gasteiger partial charge on any atom is 0.269 e. The summed E-state index contributed by atoms with van der Waals surface area (Å²) in [6.45, 7) is 0.379. The lowest BCUT2D eigenvalue weighted by Gasteiger charge is -2.08. The topological polar surface area (TPSA) is 90.0 Å². The summed E-state index contributed by atoms with van der Waals surface area (Å²) in [6.07, 6.45) is 1.47. The third kappa shape index (κ3) is 3.87. The van der Waals surface area contributed by atoms with Crippen LogP contribution in [0.2, 0.25) is 5.02 Å². The van der Waals surface area contributed by atoms with Crippen LogP contribution in [0.3, 0.4) is 0 Å². The minimum Gasteiger partial charge on any atom is -0.364 e. The van der Waals surface area contributed by atoms with Gasteiger partial charge in [-0.15, -0.1) is 0 Å². The van der Waals surface area contributed by atoms with Crippen molar-refractivity contribution in [3.63, 3.8) is 0 Å². The Morgan fingerprint density at radius 1 is 1.08 bits per heavy atom. The molecule has 0 spiro atoms. The number of primary amides is 1. The van der Waals surface area contributed by atoms with E-state index in [0.29, 0.717) is 17.1 Å². The van der Waals surface area contributed by atoms with Gasteiger partial charge in [-0.3, -0.25) is 9.59 Å². The normalized spacial score (nSPS) is 10.4. The van der Waals surface area contributed by atoms with Gasteiger partial charge in [-0.25, -0.2) is 4.98 Å². The van der Waals surface area contributed by atoms with Gasteiger partial charge in [0.05, 0.1) is 6.33 Å². The largest absolute Gasteiger partial charge is 0.364 e.